The Labute approximate surface area is 153 Å². The van der Waals surface area contributed by atoms with Gasteiger partial charge in [0.2, 0.25) is 17.7 Å². The maximum absolute atomic E-state index is 13.1. The predicted octanol–water partition coefficient (Wildman–Crippen LogP) is 1.68. The van der Waals surface area contributed by atoms with Crippen LogP contribution in [0.3, 0.4) is 0 Å². The highest BCUT2D eigenvalue weighted by molar-refractivity contribution is 5.84. The third-order valence-corrected chi connectivity index (χ3v) is 4.70. The van der Waals surface area contributed by atoms with Gasteiger partial charge in [-0.15, -0.1) is 0 Å². The van der Waals surface area contributed by atoms with Crippen molar-refractivity contribution in [3.05, 3.63) is 35.6 Å². The summed E-state index contributed by atoms with van der Waals surface area (Å²) in [7, 11) is 0. The zero-order valence-electron chi connectivity index (χ0n) is 15.3. The summed E-state index contributed by atoms with van der Waals surface area (Å²) in [6, 6.07) is 5.94. The number of hydrogen-bond acceptors (Lipinski definition) is 3. The zero-order valence-corrected chi connectivity index (χ0v) is 15.3. The van der Waals surface area contributed by atoms with Gasteiger partial charge >= 0.3 is 0 Å². The lowest BCUT2D eigenvalue weighted by atomic mass is 10.0. The van der Waals surface area contributed by atoms with Gasteiger partial charge in [-0.05, 0) is 23.6 Å². The van der Waals surface area contributed by atoms with Crippen LogP contribution in [0.4, 0.5) is 4.39 Å². The first-order valence-electron chi connectivity index (χ1n) is 8.88. The van der Waals surface area contributed by atoms with Crippen LogP contribution < -0.4 is 5.73 Å². The molecule has 2 N–H and O–H groups in total. The summed E-state index contributed by atoms with van der Waals surface area (Å²) < 4.78 is 13.1. The molecule has 1 atom stereocenters. The van der Waals surface area contributed by atoms with Gasteiger partial charge in [0.1, 0.15) is 5.82 Å². The van der Waals surface area contributed by atoms with Gasteiger partial charge in [0.05, 0.1) is 6.04 Å². The van der Waals surface area contributed by atoms with E-state index in [1.54, 1.807) is 21.9 Å². The van der Waals surface area contributed by atoms with Crippen molar-refractivity contribution in [2.24, 2.45) is 11.7 Å². The van der Waals surface area contributed by atoms with Crippen molar-refractivity contribution in [2.75, 3.05) is 13.1 Å². The molecular weight excluding hydrogens is 337 g/mol. The molecule has 0 spiro atoms. The van der Waals surface area contributed by atoms with E-state index in [4.69, 9.17) is 5.73 Å². The standard InChI is InChI=1S/C19H26FN3O3/c1-13(2)16-12-22(18(25)8-7-17(21)24)10-9-19(26)23(16)11-14-3-5-15(20)6-4-14/h3-6,13,16H,7-12H2,1-2H3,(H2,21,24)/t16-/m0/s1. The number of nitrogens with two attached hydrogens (primary N) is 1. The molecule has 142 valence electrons. The molecule has 3 amide bonds. The van der Waals surface area contributed by atoms with Crippen LogP contribution in [0, 0.1) is 11.7 Å². The Kier molecular flexibility index (Phi) is 6.71. The van der Waals surface area contributed by atoms with Crippen molar-refractivity contribution in [3.8, 4) is 0 Å². The van der Waals surface area contributed by atoms with Gasteiger partial charge in [0, 0.05) is 38.9 Å². The van der Waals surface area contributed by atoms with Gasteiger partial charge in [-0.3, -0.25) is 14.4 Å². The second kappa shape index (κ2) is 8.78. The van der Waals surface area contributed by atoms with Gasteiger partial charge in [0.15, 0.2) is 0 Å². The number of carbonyl (C=O) groups excluding carboxylic acids is 3. The Morgan fingerprint density at radius 3 is 2.46 bits per heavy atom. The molecule has 26 heavy (non-hydrogen) atoms. The molecule has 1 saturated heterocycles. The van der Waals surface area contributed by atoms with Gasteiger partial charge in [-0.2, -0.15) is 0 Å². The highest BCUT2D eigenvalue weighted by atomic mass is 19.1. The smallest absolute Gasteiger partial charge is 0.224 e. The minimum Gasteiger partial charge on any atom is -0.370 e. The van der Waals surface area contributed by atoms with Crippen LogP contribution in [0.5, 0.6) is 0 Å². The Morgan fingerprint density at radius 2 is 1.88 bits per heavy atom. The molecule has 7 heteroatoms. The fraction of sp³-hybridized carbons (Fsp3) is 0.526. The van der Waals surface area contributed by atoms with Gasteiger partial charge in [-0.25, -0.2) is 4.39 Å². The fourth-order valence-electron chi connectivity index (χ4n) is 3.15. The number of halogens is 1. The summed E-state index contributed by atoms with van der Waals surface area (Å²) in [5.74, 6) is -0.877. The molecular formula is C19H26FN3O3. The van der Waals surface area contributed by atoms with Crippen LogP contribution in [-0.4, -0.2) is 46.7 Å². The topological polar surface area (TPSA) is 83.7 Å². The number of benzene rings is 1. The van der Waals surface area contributed by atoms with E-state index in [9.17, 15) is 18.8 Å². The summed E-state index contributed by atoms with van der Waals surface area (Å²) in [6.07, 6.45) is 0.300. The Balaban J connectivity index is 2.15. The first-order valence-corrected chi connectivity index (χ1v) is 8.88. The fourth-order valence-corrected chi connectivity index (χ4v) is 3.15. The lowest BCUT2D eigenvalue weighted by Crippen LogP contribution is -2.47. The largest absolute Gasteiger partial charge is 0.370 e. The van der Waals surface area contributed by atoms with Gasteiger partial charge < -0.3 is 15.5 Å². The van der Waals surface area contributed by atoms with E-state index in [0.29, 0.717) is 19.6 Å². The van der Waals surface area contributed by atoms with E-state index < -0.39 is 5.91 Å². The van der Waals surface area contributed by atoms with Crippen molar-refractivity contribution in [1.29, 1.82) is 0 Å². The van der Waals surface area contributed by atoms with Gasteiger partial charge in [0.25, 0.3) is 0 Å². The van der Waals surface area contributed by atoms with E-state index in [-0.39, 0.29) is 48.9 Å². The summed E-state index contributed by atoms with van der Waals surface area (Å²) in [6.45, 7) is 5.15. The maximum atomic E-state index is 13.1. The third-order valence-electron chi connectivity index (χ3n) is 4.70. The van der Waals surface area contributed by atoms with Crippen molar-refractivity contribution in [1.82, 2.24) is 9.80 Å². The van der Waals surface area contributed by atoms with Crippen LogP contribution in [-0.2, 0) is 20.9 Å². The molecule has 0 radical (unpaired) electrons. The SMILES string of the molecule is CC(C)[C@@H]1CN(C(=O)CCC(N)=O)CCC(=O)N1Cc1ccc(F)cc1. The molecule has 1 aliphatic heterocycles. The first-order chi connectivity index (χ1) is 12.3. The third kappa shape index (κ3) is 5.28. The lowest BCUT2D eigenvalue weighted by molar-refractivity contribution is -0.134. The van der Waals surface area contributed by atoms with Crippen molar-refractivity contribution < 1.29 is 18.8 Å². The number of amides is 3. The molecule has 0 bridgehead atoms. The molecule has 6 nitrogen and oxygen atoms in total. The van der Waals surface area contributed by atoms with Gasteiger partial charge in [-0.1, -0.05) is 26.0 Å². The Bertz CT molecular complexity index is 660. The van der Waals surface area contributed by atoms with Crippen LogP contribution >= 0.6 is 0 Å². The minimum absolute atomic E-state index is 0.00885. The van der Waals surface area contributed by atoms with E-state index in [1.807, 2.05) is 13.8 Å². The number of rotatable bonds is 6. The van der Waals surface area contributed by atoms with E-state index in [0.717, 1.165) is 5.56 Å². The summed E-state index contributed by atoms with van der Waals surface area (Å²) >= 11 is 0. The second-order valence-corrected chi connectivity index (χ2v) is 7.02. The molecule has 1 aromatic rings. The number of carbonyl (C=O) groups is 3. The average molecular weight is 363 g/mol. The average Bonchev–Trinajstić information content (AvgIpc) is 2.75. The highest BCUT2D eigenvalue weighted by Gasteiger charge is 2.33. The summed E-state index contributed by atoms with van der Waals surface area (Å²) in [4.78, 5) is 39.4. The summed E-state index contributed by atoms with van der Waals surface area (Å²) in [5.41, 5.74) is 5.96. The number of hydrogen-bond donors (Lipinski definition) is 1. The first kappa shape index (κ1) is 19.9. The van der Waals surface area contributed by atoms with Crippen molar-refractivity contribution in [3.63, 3.8) is 0 Å². The number of primary amides is 1. The molecule has 0 unspecified atom stereocenters. The number of nitrogens with zero attached hydrogens (tertiary/aromatic N) is 2. The normalized spacial score (nSPS) is 18.2. The molecule has 0 aliphatic carbocycles. The molecule has 0 saturated carbocycles. The predicted molar refractivity (Wildman–Crippen MR) is 95.2 cm³/mol. The summed E-state index contributed by atoms with van der Waals surface area (Å²) in [5, 5.41) is 0. The molecule has 1 fully saturated rings. The minimum atomic E-state index is -0.511. The molecule has 0 aromatic heterocycles. The monoisotopic (exact) mass is 363 g/mol. The van der Waals surface area contributed by atoms with Crippen molar-refractivity contribution >= 4 is 17.7 Å². The van der Waals surface area contributed by atoms with E-state index in [2.05, 4.69) is 0 Å². The van der Waals surface area contributed by atoms with Crippen LogP contribution in [0.25, 0.3) is 0 Å². The molecule has 1 heterocycles. The molecule has 2 rings (SSSR count). The lowest BCUT2D eigenvalue weighted by Gasteiger charge is -2.34. The Hall–Kier alpha value is -2.44. The van der Waals surface area contributed by atoms with Crippen LogP contribution in [0.2, 0.25) is 0 Å². The maximum Gasteiger partial charge on any atom is 0.224 e. The zero-order chi connectivity index (χ0) is 19.3. The second-order valence-electron chi connectivity index (χ2n) is 7.02. The van der Waals surface area contributed by atoms with Crippen molar-refractivity contribution in [2.45, 2.75) is 45.7 Å². The van der Waals surface area contributed by atoms with E-state index in [1.165, 1.54) is 12.1 Å². The Morgan fingerprint density at radius 1 is 1.23 bits per heavy atom. The molecule has 1 aromatic carbocycles. The highest BCUT2D eigenvalue weighted by Crippen LogP contribution is 2.21. The van der Waals surface area contributed by atoms with E-state index >= 15 is 0 Å². The van der Waals surface area contributed by atoms with Crippen LogP contribution in [0.1, 0.15) is 38.7 Å². The molecule has 1 aliphatic rings. The quantitative estimate of drug-likeness (QED) is 0.835. The van der Waals surface area contributed by atoms with Crippen LogP contribution in [0.15, 0.2) is 24.3 Å².